The van der Waals surface area contributed by atoms with Crippen LogP contribution in [-0.2, 0) is 19.1 Å². The maximum absolute atomic E-state index is 12.9. The number of imide groups is 1. The van der Waals surface area contributed by atoms with E-state index in [1.807, 2.05) is 20.8 Å². The van der Waals surface area contributed by atoms with E-state index in [2.05, 4.69) is 5.32 Å². The number of β-lactam (4-membered cyclic amide) rings is 1. The molecule has 0 unspecified atom stereocenters. The number of nitrogens with one attached hydrogen (secondary N) is 1. The van der Waals surface area contributed by atoms with E-state index < -0.39 is 29.6 Å². The monoisotopic (exact) mass is 438 g/mol. The Hall–Kier alpha value is -2.36. The van der Waals surface area contributed by atoms with Gasteiger partial charge < -0.3 is 24.6 Å². The molecule has 4 amide bonds. The van der Waals surface area contributed by atoms with Crippen LogP contribution in [-0.4, -0.2) is 96.7 Å². The van der Waals surface area contributed by atoms with E-state index in [0.29, 0.717) is 45.7 Å². The molecule has 3 fully saturated rings. The number of methoxy groups -OCH3 is 1. The lowest BCUT2D eigenvalue weighted by Gasteiger charge is -2.47. The molecule has 0 saturated carbocycles. The second-order valence-corrected chi connectivity index (χ2v) is 9.45. The van der Waals surface area contributed by atoms with Crippen molar-refractivity contribution in [3.05, 3.63) is 0 Å². The number of nitrogens with zero attached hydrogens (tertiary/aromatic N) is 3. The quantitative estimate of drug-likeness (QED) is 0.518. The highest BCUT2D eigenvalue weighted by molar-refractivity contribution is 6.07. The Morgan fingerprint density at radius 3 is 2.19 bits per heavy atom. The molecular formula is C21H34N4O6. The summed E-state index contributed by atoms with van der Waals surface area (Å²) in [5.41, 5.74) is -0.541. The highest BCUT2D eigenvalue weighted by Gasteiger charge is 2.56. The third-order valence-electron chi connectivity index (χ3n) is 6.10. The van der Waals surface area contributed by atoms with Crippen molar-refractivity contribution in [2.75, 3.05) is 46.4 Å². The Morgan fingerprint density at radius 1 is 1.03 bits per heavy atom. The Bertz CT molecular complexity index is 707. The van der Waals surface area contributed by atoms with Crippen molar-refractivity contribution in [1.29, 1.82) is 0 Å². The number of carbonyl (C=O) groups excluding carboxylic acids is 4. The molecule has 2 atom stereocenters. The maximum atomic E-state index is 12.9. The van der Waals surface area contributed by atoms with Crippen molar-refractivity contribution in [3.8, 4) is 0 Å². The van der Waals surface area contributed by atoms with Crippen molar-refractivity contribution in [3.63, 3.8) is 0 Å². The normalized spacial score (nSPS) is 25.2. The van der Waals surface area contributed by atoms with Crippen LogP contribution >= 0.6 is 0 Å². The van der Waals surface area contributed by atoms with E-state index in [0.717, 1.165) is 17.7 Å². The first-order chi connectivity index (χ1) is 14.6. The molecule has 0 aromatic rings. The average molecular weight is 439 g/mol. The second-order valence-electron chi connectivity index (χ2n) is 9.45. The Morgan fingerprint density at radius 2 is 1.65 bits per heavy atom. The summed E-state index contributed by atoms with van der Waals surface area (Å²) in [4.78, 5) is 54.7. The number of ether oxygens (including phenoxy) is 2. The summed E-state index contributed by atoms with van der Waals surface area (Å²) in [6.45, 7) is 8.93. The number of carbonyl (C=O) groups is 4. The highest BCUT2D eigenvalue weighted by atomic mass is 16.6. The zero-order valence-electron chi connectivity index (χ0n) is 18.9. The lowest BCUT2D eigenvalue weighted by Crippen LogP contribution is -2.69. The maximum Gasteiger partial charge on any atom is 0.410 e. The standard InChI is InChI=1S/C21H34N4O6/c1-21(2,3)31-20(29)24-9-5-14(6-10-24)13-15-16(18(27)30-4)25(17(15)26)19(28)23-11-7-22-8-12-23/h14-16,22H,5-13H2,1-4H3/t15-,16+/m1/s1. The molecule has 3 rings (SSSR count). The van der Waals surface area contributed by atoms with Gasteiger partial charge in [-0.1, -0.05) is 0 Å². The van der Waals surface area contributed by atoms with Gasteiger partial charge in [-0.05, 0) is 46.0 Å². The number of amides is 4. The van der Waals surface area contributed by atoms with E-state index in [4.69, 9.17) is 9.47 Å². The van der Waals surface area contributed by atoms with Gasteiger partial charge in [-0.2, -0.15) is 0 Å². The highest BCUT2D eigenvalue weighted by Crippen LogP contribution is 2.37. The largest absolute Gasteiger partial charge is 0.467 e. The van der Waals surface area contributed by atoms with Crippen LogP contribution in [0.4, 0.5) is 9.59 Å². The molecule has 0 aliphatic carbocycles. The third kappa shape index (κ3) is 5.28. The lowest BCUT2D eigenvalue weighted by molar-refractivity contribution is -0.169. The molecule has 3 saturated heterocycles. The fourth-order valence-electron chi connectivity index (χ4n) is 4.43. The molecule has 3 aliphatic heterocycles. The molecule has 31 heavy (non-hydrogen) atoms. The lowest BCUT2D eigenvalue weighted by atomic mass is 9.77. The van der Waals surface area contributed by atoms with Gasteiger partial charge in [0.1, 0.15) is 5.60 Å². The molecule has 3 aliphatic rings. The van der Waals surface area contributed by atoms with Crippen LogP contribution in [0.2, 0.25) is 0 Å². The molecule has 0 aromatic heterocycles. The van der Waals surface area contributed by atoms with E-state index >= 15 is 0 Å². The van der Waals surface area contributed by atoms with Gasteiger partial charge in [0.05, 0.1) is 13.0 Å². The smallest absolute Gasteiger partial charge is 0.410 e. The molecule has 174 valence electrons. The average Bonchev–Trinajstić information content (AvgIpc) is 2.74. The van der Waals surface area contributed by atoms with Crippen LogP contribution in [0.15, 0.2) is 0 Å². The first-order valence-corrected chi connectivity index (χ1v) is 11.0. The molecule has 3 heterocycles. The minimum atomic E-state index is -0.872. The summed E-state index contributed by atoms with van der Waals surface area (Å²) in [7, 11) is 1.27. The van der Waals surface area contributed by atoms with E-state index in [1.54, 1.807) is 9.80 Å². The summed E-state index contributed by atoms with van der Waals surface area (Å²) in [6, 6.07) is -1.29. The van der Waals surface area contributed by atoms with Crippen LogP contribution in [0.25, 0.3) is 0 Å². The summed E-state index contributed by atoms with van der Waals surface area (Å²) in [6.07, 6.45) is 1.63. The fraction of sp³-hybridized carbons (Fsp3) is 0.810. The molecule has 0 aromatic carbocycles. The number of hydrogen-bond acceptors (Lipinski definition) is 7. The van der Waals surface area contributed by atoms with Gasteiger partial charge in [0.25, 0.3) is 0 Å². The van der Waals surface area contributed by atoms with Crippen molar-refractivity contribution < 1.29 is 28.7 Å². The predicted molar refractivity (Wildman–Crippen MR) is 111 cm³/mol. The van der Waals surface area contributed by atoms with Crippen LogP contribution in [0.3, 0.4) is 0 Å². The first-order valence-electron chi connectivity index (χ1n) is 11.0. The molecule has 1 N–H and O–H groups in total. The van der Waals surface area contributed by atoms with Crippen molar-refractivity contribution in [2.45, 2.75) is 51.7 Å². The molecular weight excluding hydrogens is 404 g/mol. The van der Waals surface area contributed by atoms with Gasteiger partial charge in [0, 0.05) is 39.3 Å². The van der Waals surface area contributed by atoms with E-state index in [1.165, 1.54) is 7.11 Å². The van der Waals surface area contributed by atoms with E-state index in [-0.39, 0.29) is 17.9 Å². The SMILES string of the molecule is COC(=O)[C@@H]1[C@@H](CC2CCN(C(=O)OC(C)(C)C)CC2)C(=O)N1C(=O)N1CCNCC1. The number of hydrogen-bond donors (Lipinski definition) is 1. The van der Waals surface area contributed by atoms with Crippen molar-refractivity contribution in [1.82, 2.24) is 20.0 Å². The van der Waals surface area contributed by atoms with Gasteiger partial charge in [-0.15, -0.1) is 0 Å². The Labute approximate surface area is 183 Å². The topological polar surface area (TPSA) is 108 Å². The Balaban J connectivity index is 1.57. The summed E-state index contributed by atoms with van der Waals surface area (Å²) in [5.74, 6) is -1.23. The zero-order valence-corrected chi connectivity index (χ0v) is 18.9. The summed E-state index contributed by atoms with van der Waals surface area (Å²) < 4.78 is 10.3. The number of piperazine rings is 1. The molecule has 10 nitrogen and oxygen atoms in total. The van der Waals surface area contributed by atoms with Crippen LogP contribution in [0, 0.1) is 11.8 Å². The minimum absolute atomic E-state index is 0.191. The molecule has 0 bridgehead atoms. The molecule has 0 spiro atoms. The second kappa shape index (κ2) is 9.42. The summed E-state index contributed by atoms with van der Waals surface area (Å²) in [5, 5.41) is 3.16. The number of rotatable bonds is 3. The minimum Gasteiger partial charge on any atom is -0.467 e. The van der Waals surface area contributed by atoms with Gasteiger partial charge in [-0.3, -0.25) is 4.79 Å². The fourth-order valence-corrected chi connectivity index (χ4v) is 4.43. The predicted octanol–water partition coefficient (Wildman–Crippen LogP) is 1.05. The molecule has 10 heteroatoms. The van der Waals surface area contributed by atoms with Gasteiger partial charge >= 0.3 is 18.1 Å². The number of esters is 1. The molecule has 0 radical (unpaired) electrons. The van der Waals surface area contributed by atoms with E-state index in [9.17, 15) is 19.2 Å². The van der Waals surface area contributed by atoms with Gasteiger partial charge in [0.2, 0.25) is 5.91 Å². The van der Waals surface area contributed by atoms with Crippen molar-refractivity contribution in [2.24, 2.45) is 11.8 Å². The number of urea groups is 1. The van der Waals surface area contributed by atoms with Crippen LogP contribution in [0.5, 0.6) is 0 Å². The van der Waals surface area contributed by atoms with Crippen LogP contribution < -0.4 is 5.32 Å². The summed E-state index contributed by atoms with van der Waals surface area (Å²) >= 11 is 0. The first kappa shape index (κ1) is 23.3. The zero-order chi connectivity index (χ0) is 22.8. The third-order valence-corrected chi connectivity index (χ3v) is 6.10. The number of piperidine rings is 1. The Kier molecular flexibility index (Phi) is 7.08. The van der Waals surface area contributed by atoms with Crippen LogP contribution in [0.1, 0.15) is 40.0 Å². The van der Waals surface area contributed by atoms with Gasteiger partial charge in [0.15, 0.2) is 6.04 Å². The van der Waals surface area contributed by atoms with Gasteiger partial charge in [-0.25, -0.2) is 19.3 Å². The van der Waals surface area contributed by atoms with Crippen molar-refractivity contribution >= 4 is 24.0 Å². The number of likely N-dealkylation sites (tertiary alicyclic amines) is 2.